The molecule has 0 aromatic carbocycles. The van der Waals surface area contributed by atoms with Crippen molar-refractivity contribution in [2.45, 2.75) is 70.1 Å². The van der Waals surface area contributed by atoms with Gasteiger partial charge in [-0.2, -0.15) is 0 Å². The molecule has 1 aromatic rings. The van der Waals surface area contributed by atoms with E-state index in [0.29, 0.717) is 18.5 Å². The van der Waals surface area contributed by atoms with Crippen LogP contribution in [0.3, 0.4) is 0 Å². The summed E-state index contributed by atoms with van der Waals surface area (Å²) in [6, 6.07) is -4.23. The van der Waals surface area contributed by atoms with Gasteiger partial charge in [-0.1, -0.05) is 13.8 Å². The Kier molecular flexibility index (Phi) is 9.54. The fourth-order valence-corrected chi connectivity index (χ4v) is 3.87. The van der Waals surface area contributed by atoms with Crippen molar-refractivity contribution in [3.05, 3.63) is 18.2 Å². The molecule has 13 nitrogen and oxygen atoms in total. The second kappa shape index (κ2) is 12.1. The van der Waals surface area contributed by atoms with Crippen LogP contribution in [0.2, 0.25) is 0 Å². The molecule has 2 rings (SSSR count). The van der Waals surface area contributed by atoms with E-state index in [1.54, 1.807) is 0 Å². The number of amides is 4. The number of aromatic amines is 1. The summed E-state index contributed by atoms with van der Waals surface area (Å²) >= 11 is 0. The van der Waals surface area contributed by atoms with Gasteiger partial charge < -0.3 is 37.1 Å². The first-order valence-electron chi connectivity index (χ1n) is 11.1. The molecular weight excluding hydrogens is 446 g/mol. The van der Waals surface area contributed by atoms with E-state index in [0.717, 1.165) is 0 Å². The summed E-state index contributed by atoms with van der Waals surface area (Å²) in [6.45, 7) is 4.03. The molecule has 4 atom stereocenters. The summed E-state index contributed by atoms with van der Waals surface area (Å²) in [5, 5.41) is 14.6. The standard InChI is InChI=1S/C21H33N7O6/c1-11(2)6-14(26-18(30)13(22)8-17(23)29)20(32)28-5-3-4-16(28)19(31)27-15(21(33)34)7-12-9-24-10-25-12/h9-11,13-16H,3-8,22H2,1-2H3,(H2,23,29)(H,24,25)(H,26,30)(H,27,31)(H,33,34). The van der Waals surface area contributed by atoms with Gasteiger partial charge in [-0.25, -0.2) is 9.78 Å². The second-order valence-corrected chi connectivity index (χ2v) is 8.84. The maximum Gasteiger partial charge on any atom is 0.326 e. The van der Waals surface area contributed by atoms with Gasteiger partial charge in [-0.15, -0.1) is 0 Å². The van der Waals surface area contributed by atoms with E-state index in [1.165, 1.54) is 17.4 Å². The number of aliphatic carboxylic acids is 1. The molecule has 0 aliphatic carbocycles. The molecule has 1 aliphatic heterocycles. The highest BCUT2D eigenvalue weighted by molar-refractivity contribution is 5.95. The number of hydrogen-bond acceptors (Lipinski definition) is 7. The summed E-state index contributed by atoms with van der Waals surface area (Å²) in [5.41, 5.74) is 11.3. The minimum atomic E-state index is -1.22. The number of hydrogen-bond donors (Lipinski definition) is 6. The third kappa shape index (κ3) is 7.54. The number of rotatable bonds is 12. The third-order valence-corrected chi connectivity index (χ3v) is 5.51. The average Bonchev–Trinajstić information content (AvgIpc) is 3.43. The van der Waals surface area contributed by atoms with Crippen molar-refractivity contribution in [3.63, 3.8) is 0 Å². The lowest BCUT2D eigenvalue weighted by molar-refractivity contribution is -0.145. The smallest absolute Gasteiger partial charge is 0.326 e. The number of aromatic nitrogens is 2. The molecule has 34 heavy (non-hydrogen) atoms. The van der Waals surface area contributed by atoms with Crippen LogP contribution >= 0.6 is 0 Å². The van der Waals surface area contributed by atoms with Crippen LogP contribution in [0.5, 0.6) is 0 Å². The Morgan fingerprint density at radius 1 is 1.24 bits per heavy atom. The maximum atomic E-state index is 13.3. The number of likely N-dealkylation sites (tertiary alicyclic amines) is 1. The Bertz CT molecular complexity index is 888. The Hall–Kier alpha value is -3.48. The number of H-pyrrole nitrogens is 1. The van der Waals surface area contributed by atoms with Crippen molar-refractivity contribution < 1.29 is 29.1 Å². The molecule has 1 fully saturated rings. The first kappa shape index (κ1) is 26.8. The number of nitrogens with zero attached hydrogens (tertiary/aromatic N) is 2. The SMILES string of the molecule is CC(C)CC(NC(=O)C(N)CC(N)=O)C(=O)N1CCCC1C(=O)NC(Cc1cnc[nH]1)C(=O)O. The summed E-state index contributed by atoms with van der Waals surface area (Å²) in [6.07, 6.45) is 3.71. The van der Waals surface area contributed by atoms with Crippen LogP contribution in [0, 0.1) is 5.92 Å². The van der Waals surface area contributed by atoms with Gasteiger partial charge in [0.15, 0.2) is 0 Å². The first-order chi connectivity index (χ1) is 16.0. The van der Waals surface area contributed by atoms with Crippen LogP contribution in [0.1, 0.15) is 45.2 Å². The molecule has 1 aliphatic rings. The molecule has 1 aromatic heterocycles. The van der Waals surface area contributed by atoms with Crippen molar-refractivity contribution >= 4 is 29.6 Å². The maximum absolute atomic E-state index is 13.3. The van der Waals surface area contributed by atoms with Crippen molar-refractivity contribution in [2.75, 3.05) is 6.54 Å². The summed E-state index contributed by atoms with van der Waals surface area (Å²) in [7, 11) is 0. The molecule has 2 heterocycles. The summed E-state index contributed by atoms with van der Waals surface area (Å²) < 4.78 is 0. The summed E-state index contributed by atoms with van der Waals surface area (Å²) in [5.74, 6) is -3.67. The van der Waals surface area contributed by atoms with Crippen molar-refractivity contribution in [3.8, 4) is 0 Å². The molecule has 1 saturated heterocycles. The third-order valence-electron chi connectivity index (χ3n) is 5.51. The Morgan fingerprint density at radius 2 is 1.94 bits per heavy atom. The predicted molar refractivity (Wildman–Crippen MR) is 120 cm³/mol. The van der Waals surface area contributed by atoms with Gasteiger partial charge in [0.25, 0.3) is 0 Å². The van der Waals surface area contributed by atoms with Crippen LogP contribution in [-0.4, -0.2) is 80.3 Å². The predicted octanol–water partition coefficient (Wildman–Crippen LogP) is -1.75. The number of nitrogens with one attached hydrogen (secondary N) is 3. The Morgan fingerprint density at radius 3 is 2.50 bits per heavy atom. The first-order valence-corrected chi connectivity index (χ1v) is 11.1. The van der Waals surface area contributed by atoms with Gasteiger partial charge in [0.2, 0.25) is 23.6 Å². The molecule has 4 amide bonds. The number of carbonyl (C=O) groups is 5. The molecular formula is C21H33N7O6. The average molecular weight is 480 g/mol. The highest BCUT2D eigenvalue weighted by Gasteiger charge is 2.39. The van der Waals surface area contributed by atoms with Crippen LogP contribution in [0.15, 0.2) is 12.5 Å². The van der Waals surface area contributed by atoms with Crippen molar-refractivity contribution in [1.82, 2.24) is 25.5 Å². The number of primary amides is 1. The molecule has 188 valence electrons. The van der Waals surface area contributed by atoms with Crippen molar-refractivity contribution in [1.29, 1.82) is 0 Å². The van der Waals surface area contributed by atoms with Crippen LogP contribution in [0.4, 0.5) is 0 Å². The van der Waals surface area contributed by atoms with Crippen LogP contribution in [0.25, 0.3) is 0 Å². The number of imidazole rings is 1. The zero-order chi connectivity index (χ0) is 25.4. The molecule has 0 radical (unpaired) electrons. The van der Waals surface area contributed by atoms with E-state index < -0.39 is 53.8 Å². The van der Waals surface area contributed by atoms with Gasteiger partial charge in [-0.05, 0) is 25.2 Å². The summed E-state index contributed by atoms with van der Waals surface area (Å²) in [4.78, 5) is 69.4. The van der Waals surface area contributed by atoms with Gasteiger partial charge in [0, 0.05) is 24.9 Å². The van der Waals surface area contributed by atoms with E-state index in [2.05, 4.69) is 20.6 Å². The molecule has 4 unspecified atom stereocenters. The minimum absolute atomic E-state index is 0.00548. The highest BCUT2D eigenvalue weighted by atomic mass is 16.4. The van der Waals surface area contributed by atoms with Gasteiger partial charge in [0.05, 0.1) is 18.8 Å². The lowest BCUT2D eigenvalue weighted by atomic mass is 10.0. The zero-order valence-corrected chi connectivity index (χ0v) is 19.3. The number of nitrogens with two attached hydrogens (primary N) is 2. The zero-order valence-electron chi connectivity index (χ0n) is 19.3. The Balaban J connectivity index is 2.11. The van der Waals surface area contributed by atoms with E-state index in [4.69, 9.17) is 11.5 Å². The highest BCUT2D eigenvalue weighted by Crippen LogP contribution is 2.21. The van der Waals surface area contributed by atoms with E-state index in [9.17, 15) is 29.1 Å². The normalized spacial score (nSPS) is 18.2. The quantitative estimate of drug-likeness (QED) is 0.202. The number of carbonyl (C=O) groups excluding carboxylic acids is 4. The fraction of sp³-hybridized carbons (Fsp3) is 0.619. The van der Waals surface area contributed by atoms with Crippen LogP contribution < -0.4 is 22.1 Å². The van der Waals surface area contributed by atoms with E-state index in [1.807, 2.05) is 13.8 Å². The van der Waals surface area contributed by atoms with E-state index in [-0.39, 0.29) is 31.7 Å². The topological polar surface area (TPSA) is 214 Å². The molecule has 0 spiro atoms. The Labute approximate surface area is 197 Å². The fourth-order valence-electron chi connectivity index (χ4n) is 3.87. The van der Waals surface area contributed by atoms with Crippen LogP contribution in [-0.2, 0) is 30.4 Å². The van der Waals surface area contributed by atoms with Gasteiger partial charge >= 0.3 is 5.97 Å². The van der Waals surface area contributed by atoms with Crippen molar-refractivity contribution in [2.24, 2.45) is 17.4 Å². The number of carboxylic acid groups (broad SMARTS) is 1. The minimum Gasteiger partial charge on any atom is -0.480 e. The lowest BCUT2D eigenvalue weighted by Gasteiger charge is -2.30. The molecule has 8 N–H and O–H groups in total. The largest absolute Gasteiger partial charge is 0.480 e. The monoisotopic (exact) mass is 479 g/mol. The van der Waals surface area contributed by atoms with Gasteiger partial charge in [0.1, 0.15) is 18.1 Å². The number of carboxylic acids is 1. The molecule has 0 bridgehead atoms. The van der Waals surface area contributed by atoms with E-state index >= 15 is 0 Å². The second-order valence-electron chi connectivity index (χ2n) is 8.84. The molecule has 13 heteroatoms. The van der Waals surface area contributed by atoms with Gasteiger partial charge in [-0.3, -0.25) is 19.2 Å². The lowest BCUT2D eigenvalue weighted by Crippen LogP contribution is -2.57. The molecule has 0 saturated carbocycles.